The van der Waals surface area contributed by atoms with Crippen LogP contribution in [-0.4, -0.2) is 55.6 Å². The molecule has 0 aliphatic heterocycles. The Morgan fingerprint density at radius 1 is 1.40 bits per heavy atom. The molecule has 0 aromatic rings. The van der Waals surface area contributed by atoms with E-state index in [1.54, 1.807) is 0 Å². The molecule has 0 spiro atoms. The summed E-state index contributed by atoms with van der Waals surface area (Å²) in [5.41, 5.74) is 4.67. The van der Waals surface area contributed by atoms with Crippen molar-refractivity contribution in [3.8, 4) is 0 Å². The second-order valence-corrected chi connectivity index (χ2v) is 2.28. The van der Waals surface area contributed by atoms with Crippen molar-refractivity contribution < 1.29 is 24.4 Å². The smallest absolute Gasteiger partial charge is 0.379 e. The van der Waals surface area contributed by atoms with Crippen LogP contribution in [0.15, 0.2) is 0 Å². The third-order valence-electron chi connectivity index (χ3n) is 0. The minimum absolute atomic E-state index is 0. The van der Waals surface area contributed by atoms with Gasteiger partial charge >= 0.3 is 7.82 Å². The fourth-order valence-corrected chi connectivity index (χ4v) is 0. The van der Waals surface area contributed by atoms with Gasteiger partial charge in [0.1, 0.15) is 0 Å². The van der Waals surface area contributed by atoms with Crippen molar-refractivity contribution in [1.82, 2.24) is 0 Å². The zero-order chi connectivity index (χ0) is 8.08. The summed E-state index contributed by atoms with van der Waals surface area (Å²) < 4.78 is 8.88. The predicted molar refractivity (Wildman–Crippen MR) is 35.9 cm³/mol. The van der Waals surface area contributed by atoms with Crippen LogP contribution >= 0.6 is 7.82 Å². The molecule has 0 heterocycles. The maximum Gasteiger partial charge on any atom is 0.466 e. The number of aliphatic hydroxyl groups is 1. The molecule has 0 aliphatic carbocycles. The molecule has 0 fully saturated rings. The van der Waals surface area contributed by atoms with E-state index in [0.29, 0.717) is 0 Å². The third-order valence-corrected chi connectivity index (χ3v) is 0. The molecule has 0 aromatic heterocycles. The summed E-state index contributed by atoms with van der Waals surface area (Å²) in [4.78, 5) is 21.6. The van der Waals surface area contributed by atoms with Gasteiger partial charge in [0.2, 0.25) is 0 Å². The fraction of sp³-hybridized carbons (Fsp3) is 1.00. The summed E-state index contributed by atoms with van der Waals surface area (Å²) in [6, 6.07) is 0. The molecule has 0 saturated carbocycles. The summed E-state index contributed by atoms with van der Waals surface area (Å²) >= 11 is 0. The van der Waals surface area contributed by atoms with Crippen LogP contribution in [0, 0.1) is 0 Å². The van der Waals surface area contributed by atoms with Gasteiger partial charge in [-0.25, -0.2) is 4.57 Å². The molecular formula is C2H10NNaO5P. The first-order chi connectivity index (χ1) is 3.73. The van der Waals surface area contributed by atoms with Gasteiger partial charge in [0, 0.05) is 29.6 Å². The van der Waals surface area contributed by atoms with Gasteiger partial charge in [0.15, 0.2) is 0 Å². The van der Waals surface area contributed by atoms with E-state index in [2.05, 4.69) is 5.73 Å². The number of aliphatic hydroxyl groups excluding tert-OH is 1. The molecule has 1 radical (unpaired) electrons. The van der Waals surface area contributed by atoms with Crippen molar-refractivity contribution in [2.75, 3.05) is 0 Å². The predicted octanol–water partition coefficient (Wildman–Crippen LogP) is -2.03. The van der Waals surface area contributed by atoms with Crippen LogP contribution in [0.5, 0.6) is 0 Å². The zero-order valence-electron chi connectivity index (χ0n) is 5.80. The van der Waals surface area contributed by atoms with E-state index in [4.69, 9.17) is 24.4 Å². The van der Waals surface area contributed by atoms with Crippen molar-refractivity contribution in [1.29, 1.82) is 0 Å². The Balaban J connectivity index is -0.0000000910. The Morgan fingerprint density at radius 3 is 1.40 bits per heavy atom. The van der Waals surface area contributed by atoms with Crippen molar-refractivity contribution in [3.63, 3.8) is 0 Å². The average molecular weight is 182 g/mol. The maximum atomic E-state index is 8.88. The summed E-state index contributed by atoms with van der Waals surface area (Å²) in [7, 11) is -4.64. The summed E-state index contributed by atoms with van der Waals surface area (Å²) in [5.74, 6) is 0. The van der Waals surface area contributed by atoms with Crippen LogP contribution in [-0.2, 0) is 4.57 Å². The first-order valence-electron chi connectivity index (χ1n) is 1.95. The number of nitrogens with two attached hydrogens (primary N) is 1. The molecule has 0 aromatic carbocycles. The van der Waals surface area contributed by atoms with Crippen LogP contribution in [0.1, 0.15) is 6.92 Å². The van der Waals surface area contributed by atoms with Gasteiger partial charge in [0.05, 0.1) is 6.23 Å². The number of hydrogen-bond acceptors (Lipinski definition) is 3. The Bertz CT molecular complexity index is 90.8. The van der Waals surface area contributed by atoms with Crippen molar-refractivity contribution in [3.05, 3.63) is 0 Å². The van der Waals surface area contributed by atoms with Crippen molar-refractivity contribution in [2.45, 2.75) is 13.2 Å². The van der Waals surface area contributed by atoms with E-state index >= 15 is 0 Å². The van der Waals surface area contributed by atoms with Crippen LogP contribution in [0.25, 0.3) is 0 Å². The van der Waals surface area contributed by atoms with Gasteiger partial charge in [-0.15, -0.1) is 0 Å². The summed E-state index contributed by atoms with van der Waals surface area (Å²) in [6.07, 6.45) is -0.667. The van der Waals surface area contributed by atoms with E-state index in [1.165, 1.54) is 6.92 Å². The Hall–Kier alpha value is 1.03. The average Bonchev–Trinajstić information content (AvgIpc) is 1.19. The van der Waals surface area contributed by atoms with Gasteiger partial charge in [-0.1, -0.05) is 0 Å². The summed E-state index contributed by atoms with van der Waals surface area (Å²) in [5, 5.41) is 7.83. The minimum atomic E-state index is -4.64. The Morgan fingerprint density at radius 2 is 1.40 bits per heavy atom. The van der Waals surface area contributed by atoms with Crippen LogP contribution in [0.4, 0.5) is 0 Å². The van der Waals surface area contributed by atoms with E-state index < -0.39 is 14.1 Å². The number of hydrogen-bond donors (Lipinski definition) is 5. The first-order valence-corrected chi connectivity index (χ1v) is 3.52. The fourth-order valence-electron chi connectivity index (χ4n) is 0. The molecule has 0 amide bonds. The largest absolute Gasteiger partial charge is 0.466 e. The number of rotatable bonds is 0. The van der Waals surface area contributed by atoms with Gasteiger partial charge in [-0.2, -0.15) is 0 Å². The third kappa shape index (κ3) is 549. The standard InChI is InChI=1S/C2H7NO.Na.H3O4P/c1-2(3)4;;1-5(2,3)4/h2,4H,3H2,1H3;;(H3,1,2,3,4). The molecule has 10 heavy (non-hydrogen) atoms. The zero-order valence-corrected chi connectivity index (χ0v) is 8.69. The topological polar surface area (TPSA) is 124 Å². The van der Waals surface area contributed by atoms with E-state index in [1.807, 2.05) is 0 Å². The molecule has 0 saturated heterocycles. The molecule has 6 N–H and O–H groups in total. The van der Waals surface area contributed by atoms with Gasteiger partial charge in [0.25, 0.3) is 0 Å². The molecule has 59 valence electrons. The molecule has 8 heteroatoms. The second-order valence-electron chi connectivity index (χ2n) is 1.25. The van der Waals surface area contributed by atoms with Crippen LogP contribution in [0.3, 0.4) is 0 Å². The van der Waals surface area contributed by atoms with Crippen molar-refractivity contribution >= 4 is 37.4 Å². The molecule has 0 aliphatic rings. The molecule has 1 unspecified atom stereocenters. The quantitative estimate of drug-likeness (QED) is 0.167. The Labute approximate surface area is 80.6 Å². The maximum absolute atomic E-state index is 8.88. The number of phosphoric acid groups is 1. The molecule has 0 rings (SSSR count). The van der Waals surface area contributed by atoms with Gasteiger partial charge in [-0.05, 0) is 6.92 Å². The molecular weight excluding hydrogens is 172 g/mol. The van der Waals surface area contributed by atoms with Gasteiger partial charge < -0.3 is 25.5 Å². The van der Waals surface area contributed by atoms with E-state index in [-0.39, 0.29) is 29.6 Å². The monoisotopic (exact) mass is 182 g/mol. The molecule has 6 nitrogen and oxygen atoms in total. The van der Waals surface area contributed by atoms with Crippen LogP contribution < -0.4 is 5.73 Å². The van der Waals surface area contributed by atoms with E-state index in [0.717, 1.165) is 0 Å². The first kappa shape index (κ1) is 17.2. The second kappa shape index (κ2) is 8.13. The van der Waals surface area contributed by atoms with E-state index in [9.17, 15) is 0 Å². The van der Waals surface area contributed by atoms with Crippen molar-refractivity contribution in [2.24, 2.45) is 5.73 Å². The summed E-state index contributed by atoms with van der Waals surface area (Å²) in [6.45, 7) is 1.50. The molecule has 0 bridgehead atoms. The Kier molecular flexibility index (Phi) is 14.0. The minimum Gasteiger partial charge on any atom is -0.379 e. The molecule has 1 atom stereocenters. The SMILES string of the molecule is CC(N)O.O=P(O)(O)O.[Na]. The van der Waals surface area contributed by atoms with Crippen LogP contribution in [0.2, 0.25) is 0 Å². The normalized spacial score (nSPS) is 12.2. The van der Waals surface area contributed by atoms with Gasteiger partial charge in [-0.3, -0.25) is 0 Å².